The molecule has 1 heterocycles. The molecule has 10 heteroatoms. The lowest BCUT2D eigenvalue weighted by molar-refractivity contribution is 0.168. The van der Waals surface area contributed by atoms with Crippen molar-refractivity contribution in [2.24, 2.45) is 0 Å². The monoisotopic (exact) mass is 436 g/mol. The van der Waals surface area contributed by atoms with Gasteiger partial charge in [-0.2, -0.15) is 0 Å². The third-order valence-corrected chi connectivity index (χ3v) is 4.59. The van der Waals surface area contributed by atoms with Gasteiger partial charge in [-0.25, -0.2) is 14.8 Å². The minimum absolute atomic E-state index is 0.242. The predicted octanol–water partition coefficient (Wildman–Crippen LogP) is 5.27. The number of benzene rings is 2. The number of ether oxygens (including phenoxy) is 3. The summed E-state index contributed by atoms with van der Waals surface area (Å²) in [6.07, 6.45) is 0.803. The van der Waals surface area contributed by atoms with Crippen molar-refractivity contribution in [2.45, 2.75) is 6.92 Å². The molecule has 0 fully saturated rings. The third-order valence-electron chi connectivity index (χ3n) is 3.96. The highest BCUT2D eigenvalue weighted by Crippen LogP contribution is 2.37. The van der Waals surface area contributed by atoms with E-state index in [-0.39, 0.29) is 11.6 Å². The van der Waals surface area contributed by atoms with Crippen LogP contribution in [0.2, 0.25) is 10.0 Å². The lowest BCUT2D eigenvalue weighted by atomic mass is 10.2. The molecule has 8 nitrogen and oxygen atoms in total. The van der Waals surface area contributed by atoms with Gasteiger partial charge in [0.15, 0.2) is 11.5 Å². The summed E-state index contributed by atoms with van der Waals surface area (Å²) in [5, 5.41) is 6.99. The Labute approximate surface area is 177 Å². The molecule has 0 spiro atoms. The van der Waals surface area contributed by atoms with Crippen molar-refractivity contribution in [3.8, 4) is 11.5 Å². The molecule has 29 heavy (non-hydrogen) atoms. The zero-order valence-electron chi connectivity index (χ0n) is 15.9. The fourth-order valence-electron chi connectivity index (χ4n) is 2.63. The first kappa shape index (κ1) is 20.8. The maximum Gasteiger partial charge on any atom is 0.411 e. The van der Waals surface area contributed by atoms with Crippen LogP contribution in [0.3, 0.4) is 0 Å². The summed E-state index contributed by atoms with van der Waals surface area (Å²) in [4.78, 5) is 20.2. The van der Waals surface area contributed by atoms with Gasteiger partial charge < -0.3 is 19.5 Å². The number of hydrogen-bond acceptors (Lipinski definition) is 7. The standard InChI is InChI=1S/C19H18Cl2N4O4/c1-4-29-19(26)25-15-7-11(20)14(6-12(15)21)24-18-10-5-16(27-2)17(28-3)8-13(10)22-9-23-18/h5-9H,4H2,1-3H3,(H,25,26)(H,22,23,24). The average Bonchev–Trinajstić information content (AvgIpc) is 2.71. The summed E-state index contributed by atoms with van der Waals surface area (Å²) < 4.78 is 15.5. The van der Waals surface area contributed by atoms with Crippen molar-refractivity contribution in [2.75, 3.05) is 31.5 Å². The fraction of sp³-hybridized carbons (Fsp3) is 0.211. The van der Waals surface area contributed by atoms with Crippen LogP contribution in [0, 0.1) is 0 Å². The minimum Gasteiger partial charge on any atom is -0.493 e. The van der Waals surface area contributed by atoms with Crippen LogP contribution >= 0.6 is 23.2 Å². The van der Waals surface area contributed by atoms with Gasteiger partial charge in [0, 0.05) is 11.5 Å². The van der Waals surface area contributed by atoms with Crippen molar-refractivity contribution in [1.82, 2.24) is 9.97 Å². The van der Waals surface area contributed by atoms with Crippen LogP contribution in [0.4, 0.5) is 22.0 Å². The largest absolute Gasteiger partial charge is 0.493 e. The van der Waals surface area contributed by atoms with Crippen LogP contribution < -0.4 is 20.1 Å². The molecule has 3 aromatic rings. The van der Waals surface area contributed by atoms with Crippen LogP contribution in [0.1, 0.15) is 6.92 Å². The molecule has 0 unspecified atom stereocenters. The number of rotatable bonds is 6. The molecule has 1 aromatic heterocycles. The van der Waals surface area contributed by atoms with Crippen LogP contribution in [0.15, 0.2) is 30.6 Å². The summed E-state index contributed by atoms with van der Waals surface area (Å²) in [6.45, 7) is 1.95. The molecule has 0 atom stereocenters. The number of carbonyl (C=O) groups excluding carboxylic acids is 1. The normalized spacial score (nSPS) is 10.5. The maximum atomic E-state index is 11.6. The maximum absolute atomic E-state index is 11.6. The van der Waals surface area contributed by atoms with E-state index in [1.807, 2.05) is 0 Å². The summed E-state index contributed by atoms with van der Waals surface area (Å²) in [5.74, 6) is 1.59. The molecule has 0 aliphatic heterocycles. The molecule has 0 bridgehead atoms. The number of nitrogens with zero attached hydrogens (tertiary/aromatic N) is 2. The van der Waals surface area contributed by atoms with E-state index in [9.17, 15) is 4.79 Å². The Morgan fingerprint density at radius 2 is 1.66 bits per heavy atom. The van der Waals surface area contributed by atoms with E-state index in [0.29, 0.717) is 44.6 Å². The number of nitrogens with one attached hydrogen (secondary N) is 2. The van der Waals surface area contributed by atoms with Gasteiger partial charge in [0.25, 0.3) is 0 Å². The number of methoxy groups -OCH3 is 2. The van der Waals surface area contributed by atoms with E-state index in [4.69, 9.17) is 37.4 Å². The highest BCUT2D eigenvalue weighted by atomic mass is 35.5. The summed E-state index contributed by atoms with van der Waals surface area (Å²) >= 11 is 12.6. The third kappa shape index (κ3) is 4.55. The highest BCUT2D eigenvalue weighted by molar-refractivity contribution is 6.37. The van der Waals surface area contributed by atoms with Gasteiger partial charge in [0.05, 0.1) is 47.8 Å². The van der Waals surface area contributed by atoms with Gasteiger partial charge in [-0.3, -0.25) is 5.32 Å². The molecule has 2 aromatic carbocycles. The first-order valence-electron chi connectivity index (χ1n) is 8.53. The first-order valence-corrected chi connectivity index (χ1v) is 9.29. The number of fused-ring (bicyclic) bond motifs is 1. The van der Waals surface area contributed by atoms with Crippen molar-refractivity contribution in [3.63, 3.8) is 0 Å². The number of aromatic nitrogens is 2. The van der Waals surface area contributed by atoms with Gasteiger partial charge in [0.1, 0.15) is 12.1 Å². The lowest BCUT2D eigenvalue weighted by Crippen LogP contribution is -2.13. The SMILES string of the molecule is CCOC(=O)Nc1cc(Cl)c(Nc2ncnc3cc(OC)c(OC)cc23)cc1Cl. The van der Waals surface area contributed by atoms with Crippen molar-refractivity contribution < 1.29 is 19.0 Å². The fourth-order valence-corrected chi connectivity index (χ4v) is 3.05. The first-order chi connectivity index (χ1) is 14.0. The Balaban J connectivity index is 1.96. The Morgan fingerprint density at radius 1 is 1.00 bits per heavy atom. The average molecular weight is 437 g/mol. The topological polar surface area (TPSA) is 94.6 Å². The molecule has 3 rings (SSSR count). The van der Waals surface area contributed by atoms with Crippen molar-refractivity contribution in [1.29, 1.82) is 0 Å². The summed E-state index contributed by atoms with van der Waals surface area (Å²) in [7, 11) is 3.10. The van der Waals surface area contributed by atoms with Crippen LogP contribution in [-0.4, -0.2) is 36.9 Å². The molecule has 1 amide bonds. The Morgan fingerprint density at radius 3 is 2.34 bits per heavy atom. The predicted molar refractivity (Wildman–Crippen MR) is 113 cm³/mol. The van der Waals surface area contributed by atoms with Crippen molar-refractivity contribution in [3.05, 3.63) is 40.6 Å². The van der Waals surface area contributed by atoms with Gasteiger partial charge in [0.2, 0.25) is 0 Å². The molecule has 0 aliphatic carbocycles. The summed E-state index contributed by atoms with van der Waals surface area (Å²) in [5.41, 5.74) is 1.49. The van der Waals surface area contributed by atoms with E-state index in [2.05, 4.69) is 20.6 Å². The van der Waals surface area contributed by atoms with Crippen molar-refractivity contribution >= 4 is 57.4 Å². The van der Waals surface area contributed by atoms with Gasteiger partial charge in [-0.1, -0.05) is 23.2 Å². The Kier molecular flexibility index (Phi) is 6.46. The van der Waals surface area contributed by atoms with Gasteiger partial charge >= 0.3 is 6.09 Å². The quantitative estimate of drug-likeness (QED) is 0.543. The number of hydrogen-bond donors (Lipinski definition) is 2. The molecular formula is C19H18Cl2N4O4. The van der Waals surface area contributed by atoms with E-state index in [1.165, 1.54) is 12.4 Å². The molecule has 0 aliphatic rings. The molecule has 0 radical (unpaired) electrons. The zero-order chi connectivity index (χ0) is 21.0. The van der Waals surface area contributed by atoms with Crippen LogP contribution in [0.5, 0.6) is 11.5 Å². The zero-order valence-corrected chi connectivity index (χ0v) is 17.4. The minimum atomic E-state index is -0.617. The summed E-state index contributed by atoms with van der Waals surface area (Å²) in [6, 6.07) is 6.63. The van der Waals surface area contributed by atoms with E-state index < -0.39 is 6.09 Å². The van der Waals surface area contributed by atoms with Gasteiger partial charge in [-0.15, -0.1) is 0 Å². The molecule has 0 saturated heterocycles. The molecule has 2 N–H and O–H groups in total. The van der Waals surface area contributed by atoms with Crippen LogP contribution in [-0.2, 0) is 4.74 Å². The van der Waals surface area contributed by atoms with Gasteiger partial charge in [-0.05, 0) is 25.1 Å². The molecule has 0 saturated carbocycles. The second kappa shape index (κ2) is 9.02. The van der Waals surface area contributed by atoms with E-state index in [1.54, 1.807) is 39.3 Å². The second-order valence-corrected chi connectivity index (χ2v) is 6.54. The van der Waals surface area contributed by atoms with E-state index in [0.717, 1.165) is 0 Å². The second-order valence-electron chi connectivity index (χ2n) is 5.73. The lowest BCUT2D eigenvalue weighted by Gasteiger charge is -2.14. The number of carbonyl (C=O) groups is 1. The number of anilines is 3. The molecular weight excluding hydrogens is 419 g/mol. The Bertz CT molecular complexity index is 1060. The smallest absolute Gasteiger partial charge is 0.411 e. The highest BCUT2D eigenvalue weighted by Gasteiger charge is 2.14. The number of halogens is 2. The molecule has 152 valence electrons. The van der Waals surface area contributed by atoms with E-state index >= 15 is 0 Å². The van der Waals surface area contributed by atoms with Crippen LogP contribution in [0.25, 0.3) is 10.9 Å². The number of amides is 1. The Hall–Kier alpha value is -2.97.